The highest BCUT2D eigenvalue weighted by Crippen LogP contribution is 2.28. The third kappa shape index (κ3) is 2.99. The zero-order valence-corrected chi connectivity index (χ0v) is 11.8. The lowest BCUT2D eigenvalue weighted by Gasteiger charge is -2.17. The largest absolute Gasteiger partial charge is 0.496 e. The fourth-order valence-electron chi connectivity index (χ4n) is 2.33. The van der Waals surface area contributed by atoms with Gasteiger partial charge in [-0.3, -0.25) is 0 Å². The number of hydrogen-bond donors (Lipinski definition) is 1. The van der Waals surface area contributed by atoms with E-state index in [1.807, 2.05) is 10.8 Å². The van der Waals surface area contributed by atoms with Gasteiger partial charge in [0.25, 0.3) is 0 Å². The third-order valence-electron chi connectivity index (χ3n) is 3.27. The molecule has 0 radical (unpaired) electrons. The molecule has 0 fully saturated rings. The van der Waals surface area contributed by atoms with Crippen LogP contribution in [-0.4, -0.2) is 16.7 Å². The van der Waals surface area contributed by atoms with Gasteiger partial charge in [0.2, 0.25) is 0 Å². The van der Waals surface area contributed by atoms with E-state index in [2.05, 4.69) is 11.9 Å². The maximum absolute atomic E-state index is 14.0. The topological polar surface area (TPSA) is 53.1 Å². The second-order valence-electron chi connectivity index (χ2n) is 4.70. The van der Waals surface area contributed by atoms with Gasteiger partial charge >= 0.3 is 0 Å². The number of ether oxygens (including phenoxy) is 1. The van der Waals surface area contributed by atoms with E-state index in [4.69, 9.17) is 10.5 Å². The quantitative estimate of drug-likeness (QED) is 0.883. The summed E-state index contributed by atoms with van der Waals surface area (Å²) in [5, 5.41) is 0. The minimum atomic E-state index is -0.482. The average Bonchev–Trinajstić information content (AvgIpc) is 2.86. The molecule has 0 saturated heterocycles. The fourth-order valence-corrected chi connectivity index (χ4v) is 2.33. The monoisotopic (exact) mass is 277 g/mol. The summed E-state index contributed by atoms with van der Waals surface area (Å²) >= 11 is 0. The minimum Gasteiger partial charge on any atom is -0.496 e. The fraction of sp³-hybridized carbons (Fsp3) is 0.400. The summed E-state index contributed by atoms with van der Waals surface area (Å²) < 4.78 is 21.2. The first kappa shape index (κ1) is 14.5. The summed E-state index contributed by atoms with van der Waals surface area (Å²) in [6.45, 7) is 2.99. The van der Waals surface area contributed by atoms with E-state index in [0.29, 0.717) is 17.7 Å². The first-order valence-corrected chi connectivity index (χ1v) is 6.75. The van der Waals surface area contributed by atoms with Crippen molar-refractivity contribution >= 4 is 0 Å². The van der Waals surface area contributed by atoms with Crippen LogP contribution in [0.2, 0.25) is 0 Å². The summed E-state index contributed by atoms with van der Waals surface area (Å²) in [6.07, 6.45) is 5.16. The Hall–Kier alpha value is -1.88. The Bertz CT molecular complexity index is 568. The molecule has 20 heavy (non-hydrogen) atoms. The molecule has 1 heterocycles. The lowest BCUT2D eigenvalue weighted by Crippen LogP contribution is -2.18. The predicted molar refractivity (Wildman–Crippen MR) is 76.1 cm³/mol. The van der Waals surface area contributed by atoms with Gasteiger partial charge in [-0.15, -0.1) is 0 Å². The van der Waals surface area contributed by atoms with Gasteiger partial charge in [0, 0.05) is 37.0 Å². The molecule has 1 aromatic carbocycles. The van der Waals surface area contributed by atoms with Crippen molar-refractivity contribution in [1.82, 2.24) is 9.55 Å². The van der Waals surface area contributed by atoms with Crippen molar-refractivity contribution < 1.29 is 9.13 Å². The van der Waals surface area contributed by atoms with Gasteiger partial charge in [-0.2, -0.15) is 0 Å². The lowest BCUT2D eigenvalue weighted by molar-refractivity contribution is 0.398. The Kier molecular flexibility index (Phi) is 4.74. The van der Waals surface area contributed by atoms with Crippen LogP contribution >= 0.6 is 0 Å². The molecule has 4 nitrogen and oxygen atoms in total. The lowest BCUT2D eigenvalue weighted by atomic mass is 10.0. The van der Waals surface area contributed by atoms with Gasteiger partial charge < -0.3 is 15.0 Å². The molecule has 0 spiro atoms. The minimum absolute atomic E-state index is 0.342. The number of methoxy groups -OCH3 is 1. The van der Waals surface area contributed by atoms with E-state index in [9.17, 15) is 4.39 Å². The summed E-state index contributed by atoms with van der Waals surface area (Å²) in [5.41, 5.74) is 6.56. The molecule has 5 heteroatoms. The first-order chi connectivity index (χ1) is 9.67. The molecule has 0 aliphatic heterocycles. The van der Waals surface area contributed by atoms with E-state index >= 15 is 0 Å². The molecule has 1 atom stereocenters. The molecule has 108 valence electrons. The standard InChI is InChI=1S/C15H20FN3O/c1-3-8-19-9-7-18-14(19)10-12(17)15-11(16)5-4-6-13(15)20-2/h4-7,9,12H,3,8,10,17H2,1-2H3. The van der Waals surface area contributed by atoms with E-state index in [1.165, 1.54) is 13.2 Å². The molecule has 0 aliphatic carbocycles. The summed E-state index contributed by atoms with van der Waals surface area (Å²) in [6, 6.07) is 4.25. The van der Waals surface area contributed by atoms with Crippen molar-refractivity contribution in [3.63, 3.8) is 0 Å². The Balaban J connectivity index is 2.24. The van der Waals surface area contributed by atoms with Crippen molar-refractivity contribution in [1.29, 1.82) is 0 Å². The molecule has 0 bridgehead atoms. The molecule has 2 aromatic rings. The first-order valence-electron chi connectivity index (χ1n) is 6.75. The number of nitrogens with two attached hydrogens (primary N) is 1. The molecule has 1 unspecified atom stereocenters. The molecular weight excluding hydrogens is 257 g/mol. The highest BCUT2D eigenvalue weighted by atomic mass is 19.1. The number of hydrogen-bond acceptors (Lipinski definition) is 3. The third-order valence-corrected chi connectivity index (χ3v) is 3.27. The van der Waals surface area contributed by atoms with Crippen LogP contribution in [0.5, 0.6) is 5.75 Å². The number of nitrogens with zero attached hydrogens (tertiary/aromatic N) is 2. The van der Waals surface area contributed by atoms with Crippen LogP contribution in [0.1, 0.15) is 30.8 Å². The number of rotatable bonds is 6. The number of aromatic nitrogens is 2. The van der Waals surface area contributed by atoms with E-state index < -0.39 is 6.04 Å². The summed E-state index contributed by atoms with van der Waals surface area (Å²) in [7, 11) is 1.52. The van der Waals surface area contributed by atoms with Crippen molar-refractivity contribution in [2.24, 2.45) is 5.73 Å². The van der Waals surface area contributed by atoms with Crippen LogP contribution in [-0.2, 0) is 13.0 Å². The molecule has 0 aliphatic rings. The number of imidazole rings is 1. The van der Waals surface area contributed by atoms with Crippen molar-refractivity contribution in [3.8, 4) is 5.75 Å². The number of halogens is 1. The highest BCUT2D eigenvalue weighted by Gasteiger charge is 2.19. The van der Waals surface area contributed by atoms with Crippen LogP contribution in [0.4, 0.5) is 4.39 Å². The van der Waals surface area contributed by atoms with Gasteiger partial charge in [-0.05, 0) is 18.6 Å². The maximum Gasteiger partial charge on any atom is 0.131 e. The second kappa shape index (κ2) is 6.52. The molecule has 0 amide bonds. The van der Waals surface area contributed by atoms with Crippen molar-refractivity contribution in [2.75, 3.05) is 7.11 Å². The molecule has 0 saturated carbocycles. The zero-order valence-electron chi connectivity index (χ0n) is 11.8. The van der Waals surface area contributed by atoms with E-state index in [0.717, 1.165) is 18.8 Å². The van der Waals surface area contributed by atoms with Gasteiger partial charge in [0.15, 0.2) is 0 Å². The highest BCUT2D eigenvalue weighted by molar-refractivity contribution is 5.37. The Morgan fingerprint density at radius 1 is 1.45 bits per heavy atom. The van der Waals surface area contributed by atoms with E-state index in [1.54, 1.807) is 18.3 Å². The average molecular weight is 277 g/mol. The van der Waals surface area contributed by atoms with Crippen LogP contribution < -0.4 is 10.5 Å². The van der Waals surface area contributed by atoms with Gasteiger partial charge in [0.05, 0.1) is 7.11 Å². The van der Waals surface area contributed by atoms with Crippen LogP contribution in [0.3, 0.4) is 0 Å². The van der Waals surface area contributed by atoms with Gasteiger partial charge in [-0.1, -0.05) is 13.0 Å². The maximum atomic E-state index is 14.0. The Morgan fingerprint density at radius 2 is 2.25 bits per heavy atom. The van der Waals surface area contributed by atoms with E-state index in [-0.39, 0.29) is 5.82 Å². The predicted octanol–water partition coefficient (Wildman–Crippen LogP) is 2.68. The molecule has 2 N–H and O–H groups in total. The van der Waals surface area contributed by atoms with Gasteiger partial charge in [-0.25, -0.2) is 9.37 Å². The van der Waals surface area contributed by atoms with Crippen LogP contribution in [0.25, 0.3) is 0 Å². The van der Waals surface area contributed by atoms with Crippen molar-refractivity contribution in [2.45, 2.75) is 32.4 Å². The van der Waals surface area contributed by atoms with Gasteiger partial charge in [0.1, 0.15) is 17.4 Å². The Labute approximate surface area is 118 Å². The summed E-state index contributed by atoms with van der Waals surface area (Å²) in [4.78, 5) is 4.31. The smallest absolute Gasteiger partial charge is 0.131 e. The van der Waals surface area contributed by atoms with Crippen LogP contribution in [0, 0.1) is 5.82 Å². The summed E-state index contributed by atoms with van der Waals surface area (Å²) in [5.74, 6) is 1.00. The van der Waals surface area contributed by atoms with Crippen molar-refractivity contribution in [3.05, 3.63) is 47.8 Å². The number of benzene rings is 1. The second-order valence-corrected chi connectivity index (χ2v) is 4.70. The SMILES string of the molecule is CCCn1ccnc1CC(N)c1c(F)cccc1OC. The number of aryl methyl sites for hydroxylation is 1. The normalized spacial score (nSPS) is 12.4. The van der Waals surface area contributed by atoms with Crippen LogP contribution in [0.15, 0.2) is 30.6 Å². The molecule has 2 rings (SSSR count). The molecule has 1 aromatic heterocycles. The Morgan fingerprint density at radius 3 is 2.95 bits per heavy atom. The molecular formula is C15H20FN3O. The zero-order chi connectivity index (χ0) is 14.5.